The molecule has 0 N–H and O–H groups in total. The zero-order chi connectivity index (χ0) is 21.9. The Balaban J connectivity index is 1.59. The summed E-state index contributed by atoms with van der Waals surface area (Å²) < 4.78 is 39.3. The summed E-state index contributed by atoms with van der Waals surface area (Å²) in [6.45, 7) is 4.63. The van der Waals surface area contributed by atoms with Gasteiger partial charge in [0.25, 0.3) is 0 Å². The predicted octanol–water partition coefficient (Wildman–Crippen LogP) is 4.94. The zero-order valence-electron chi connectivity index (χ0n) is 17.9. The van der Waals surface area contributed by atoms with Crippen molar-refractivity contribution < 1.29 is 27.8 Å². The van der Waals surface area contributed by atoms with E-state index in [0.29, 0.717) is 5.92 Å². The number of Topliss-reactive ketones (excluding diaryl/α,β-unsaturated/α-hetero) is 1. The van der Waals surface area contributed by atoms with Crippen LogP contribution in [-0.4, -0.2) is 53.6 Å². The number of benzene rings is 1. The van der Waals surface area contributed by atoms with Gasteiger partial charge in [0, 0.05) is 13.0 Å². The number of ether oxygens (including phenoxy) is 2. The average molecular weight is 424 g/mol. The van der Waals surface area contributed by atoms with Crippen molar-refractivity contribution in [1.82, 2.24) is 4.90 Å². The van der Waals surface area contributed by atoms with Crippen LogP contribution in [0.25, 0.3) is 0 Å². The lowest BCUT2D eigenvalue weighted by molar-refractivity contribution is -0.161. The molecule has 1 saturated heterocycles. The molecule has 30 heavy (non-hydrogen) atoms. The second kappa shape index (κ2) is 9.00. The highest BCUT2D eigenvalue weighted by molar-refractivity contribution is 5.94. The van der Waals surface area contributed by atoms with Crippen molar-refractivity contribution in [2.24, 2.45) is 0 Å². The van der Waals surface area contributed by atoms with Gasteiger partial charge >= 0.3 is 12.0 Å². The van der Waals surface area contributed by atoms with E-state index in [4.69, 9.17) is 9.47 Å². The number of rotatable bonds is 4. The number of carbonyl (C=O) groups is 2. The Morgan fingerprint density at radius 2 is 1.77 bits per heavy atom. The number of hydrogen-bond donors (Lipinski definition) is 0. The van der Waals surface area contributed by atoms with E-state index in [0.717, 1.165) is 30.6 Å². The van der Waals surface area contributed by atoms with Crippen LogP contribution >= 0.6 is 0 Å². The molecule has 1 aliphatic heterocycles. The van der Waals surface area contributed by atoms with E-state index < -0.39 is 35.9 Å². The number of likely N-dealkylation sites (tertiary alicyclic amines) is 1. The van der Waals surface area contributed by atoms with E-state index in [9.17, 15) is 18.4 Å². The summed E-state index contributed by atoms with van der Waals surface area (Å²) in [7, 11) is 0. The number of carbonyl (C=O) groups excluding carboxylic acids is 2. The summed E-state index contributed by atoms with van der Waals surface area (Å²) in [5.74, 6) is -4.25. The molecule has 1 amide bonds. The Morgan fingerprint density at radius 1 is 1.13 bits per heavy atom. The third-order valence-corrected chi connectivity index (χ3v) is 5.77. The number of alkyl halides is 2. The SMILES string of the molecule is CC(C)(C)OC(=O)N1CCC(F)(F)C(=O)C1COC1CCC(c2ccccc2)CC1. The molecule has 7 heteroatoms. The minimum Gasteiger partial charge on any atom is -0.444 e. The molecule has 1 aromatic rings. The van der Waals surface area contributed by atoms with Crippen LogP contribution in [0.2, 0.25) is 0 Å². The molecular formula is C23H31F2NO4. The van der Waals surface area contributed by atoms with Crippen LogP contribution in [0.5, 0.6) is 0 Å². The van der Waals surface area contributed by atoms with Crippen molar-refractivity contribution in [3.8, 4) is 0 Å². The Bertz CT molecular complexity index is 739. The fourth-order valence-corrected chi connectivity index (χ4v) is 4.15. The van der Waals surface area contributed by atoms with Crippen molar-refractivity contribution in [3.63, 3.8) is 0 Å². The topological polar surface area (TPSA) is 55.8 Å². The Labute approximate surface area is 176 Å². The molecule has 1 unspecified atom stereocenters. The van der Waals surface area contributed by atoms with Gasteiger partial charge in [-0.15, -0.1) is 0 Å². The Morgan fingerprint density at radius 3 is 2.37 bits per heavy atom. The van der Waals surface area contributed by atoms with Gasteiger partial charge < -0.3 is 9.47 Å². The quantitative estimate of drug-likeness (QED) is 0.688. The average Bonchev–Trinajstić information content (AvgIpc) is 2.69. The van der Waals surface area contributed by atoms with Gasteiger partial charge in [-0.3, -0.25) is 9.69 Å². The van der Waals surface area contributed by atoms with Crippen LogP contribution < -0.4 is 0 Å². The van der Waals surface area contributed by atoms with Gasteiger partial charge in [0.2, 0.25) is 5.78 Å². The van der Waals surface area contributed by atoms with Crippen molar-refractivity contribution in [2.45, 2.75) is 82.5 Å². The van der Waals surface area contributed by atoms with Crippen molar-refractivity contribution in [2.75, 3.05) is 13.2 Å². The van der Waals surface area contributed by atoms with Crippen LogP contribution in [0, 0.1) is 0 Å². The summed E-state index contributed by atoms with van der Waals surface area (Å²) in [6.07, 6.45) is 1.93. The maximum absolute atomic E-state index is 14.0. The molecule has 5 nitrogen and oxygen atoms in total. The van der Waals surface area contributed by atoms with Gasteiger partial charge in [-0.2, -0.15) is 8.78 Å². The smallest absolute Gasteiger partial charge is 0.410 e. The lowest BCUT2D eigenvalue weighted by Gasteiger charge is -2.39. The highest BCUT2D eigenvalue weighted by Gasteiger charge is 2.51. The highest BCUT2D eigenvalue weighted by Crippen LogP contribution is 2.35. The molecule has 1 heterocycles. The van der Waals surface area contributed by atoms with E-state index in [2.05, 4.69) is 12.1 Å². The molecule has 0 radical (unpaired) electrons. The van der Waals surface area contributed by atoms with Crippen molar-refractivity contribution in [1.29, 1.82) is 0 Å². The van der Waals surface area contributed by atoms with Gasteiger partial charge in [-0.25, -0.2) is 4.79 Å². The molecule has 1 aromatic carbocycles. The fraction of sp³-hybridized carbons (Fsp3) is 0.652. The molecule has 3 rings (SSSR count). The molecule has 1 aliphatic carbocycles. The maximum atomic E-state index is 14.0. The van der Waals surface area contributed by atoms with Crippen molar-refractivity contribution >= 4 is 11.9 Å². The normalized spacial score (nSPS) is 27.0. The largest absolute Gasteiger partial charge is 0.444 e. The third-order valence-electron chi connectivity index (χ3n) is 5.77. The Kier molecular flexibility index (Phi) is 6.80. The van der Waals surface area contributed by atoms with E-state index >= 15 is 0 Å². The first-order valence-corrected chi connectivity index (χ1v) is 10.6. The van der Waals surface area contributed by atoms with Gasteiger partial charge in [-0.05, 0) is 57.9 Å². The van der Waals surface area contributed by atoms with Gasteiger partial charge in [0.15, 0.2) is 0 Å². The lowest BCUT2D eigenvalue weighted by Crippen LogP contribution is -2.59. The second-order valence-corrected chi connectivity index (χ2v) is 9.23. The van der Waals surface area contributed by atoms with Crippen LogP contribution in [0.4, 0.5) is 13.6 Å². The monoisotopic (exact) mass is 423 g/mol. The summed E-state index contributed by atoms with van der Waals surface area (Å²) in [5.41, 5.74) is 0.524. The van der Waals surface area contributed by atoms with Gasteiger partial charge in [-0.1, -0.05) is 30.3 Å². The van der Waals surface area contributed by atoms with Crippen LogP contribution in [0.1, 0.15) is 64.4 Å². The summed E-state index contributed by atoms with van der Waals surface area (Å²) >= 11 is 0. The lowest BCUT2D eigenvalue weighted by atomic mass is 9.83. The molecule has 1 saturated carbocycles. The molecule has 1 atom stereocenters. The van der Waals surface area contributed by atoms with Crippen LogP contribution in [-0.2, 0) is 14.3 Å². The van der Waals surface area contributed by atoms with E-state index in [1.165, 1.54) is 5.56 Å². The first-order valence-electron chi connectivity index (χ1n) is 10.6. The molecular weight excluding hydrogens is 392 g/mol. The third kappa shape index (κ3) is 5.56. The molecule has 2 fully saturated rings. The van der Waals surface area contributed by atoms with Crippen LogP contribution in [0.15, 0.2) is 30.3 Å². The second-order valence-electron chi connectivity index (χ2n) is 9.23. The number of piperidine rings is 1. The molecule has 0 aromatic heterocycles. The summed E-state index contributed by atoms with van der Waals surface area (Å²) in [4.78, 5) is 25.9. The van der Waals surface area contributed by atoms with E-state index in [-0.39, 0.29) is 19.3 Å². The maximum Gasteiger partial charge on any atom is 0.410 e. The van der Waals surface area contributed by atoms with E-state index in [1.807, 2.05) is 18.2 Å². The minimum atomic E-state index is -3.45. The fourth-order valence-electron chi connectivity index (χ4n) is 4.15. The first kappa shape index (κ1) is 22.7. The number of halogens is 2. The van der Waals surface area contributed by atoms with Crippen LogP contribution in [0.3, 0.4) is 0 Å². The Hall–Kier alpha value is -2.02. The minimum absolute atomic E-state index is 0.103. The standard InChI is InChI=1S/C23H31F2NO4/c1-22(2,3)30-21(28)26-14-13-23(24,25)20(27)19(26)15-29-18-11-9-17(10-12-18)16-7-5-4-6-8-16/h4-8,17-19H,9-15H2,1-3H3. The highest BCUT2D eigenvalue weighted by atomic mass is 19.3. The number of hydrogen-bond acceptors (Lipinski definition) is 4. The predicted molar refractivity (Wildman–Crippen MR) is 109 cm³/mol. The first-order chi connectivity index (χ1) is 14.1. The van der Waals surface area contributed by atoms with Gasteiger partial charge in [0.05, 0.1) is 12.7 Å². The molecule has 166 valence electrons. The van der Waals surface area contributed by atoms with Gasteiger partial charge in [0.1, 0.15) is 11.6 Å². The summed E-state index contributed by atoms with van der Waals surface area (Å²) in [6, 6.07) is 8.96. The molecule has 0 spiro atoms. The van der Waals surface area contributed by atoms with Crippen molar-refractivity contribution in [3.05, 3.63) is 35.9 Å². The number of nitrogens with zero attached hydrogens (tertiary/aromatic N) is 1. The number of ketones is 1. The zero-order valence-corrected chi connectivity index (χ0v) is 17.9. The number of amides is 1. The van der Waals surface area contributed by atoms with E-state index in [1.54, 1.807) is 20.8 Å². The molecule has 2 aliphatic rings. The summed E-state index contributed by atoms with van der Waals surface area (Å²) in [5, 5.41) is 0. The molecule has 0 bridgehead atoms.